The maximum absolute atomic E-state index is 11.3. The van der Waals surface area contributed by atoms with Gasteiger partial charge in [-0.05, 0) is 19.4 Å². The molecule has 1 heterocycles. The molecule has 0 amide bonds. The van der Waals surface area contributed by atoms with Crippen molar-refractivity contribution in [3.05, 3.63) is 35.9 Å². The van der Waals surface area contributed by atoms with Gasteiger partial charge in [-0.25, -0.2) is 0 Å². The van der Waals surface area contributed by atoms with Crippen molar-refractivity contribution in [2.24, 2.45) is 0 Å². The Morgan fingerprint density at radius 2 is 2.06 bits per heavy atom. The summed E-state index contributed by atoms with van der Waals surface area (Å²) in [6, 6.07) is 10.8. The fourth-order valence-electron chi connectivity index (χ4n) is 2.10. The van der Waals surface area contributed by atoms with Crippen molar-refractivity contribution in [1.29, 1.82) is 0 Å². The summed E-state index contributed by atoms with van der Waals surface area (Å²) in [5.74, 6) is -0.124. The van der Waals surface area contributed by atoms with E-state index in [4.69, 9.17) is 4.74 Å². The highest BCUT2D eigenvalue weighted by Crippen LogP contribution is 2.24. The Morgan fingerprint density at radius 1 is 1.38 bits per heavy atom. The average Bonchev–Trinajstić information content (AvgIpc) is 2.32. The number of cyclic esters (lactones) is 1. The van der Waals surface area contributed by atoms with Gasteiger partial charge in [-0.3, -0.25) is 9.69 Å². The lowest BCUT2D eigenvalue weighted by Crippen LogP contribution is -2.47. The first-order valence-corrected chi connectivity index (χ1v) is 5.65. The average molecular weight is 219 g/mol. The molecule has 1 aliphatic rings. The maximum atomic E-state index is 11.3. The second kappa shape index (κ2) is 4.66. The van der Waals surface area contributed by atoms with Gasteiger partial charge in [0.25, 0.3) is 0 Å². The van der Waals surface area contributed by atoms with Crippen molar-refractivity contribution < 1.29 is 9.53 Å². The third-order valence-corrected chi connectivity index (χ3v) is 3.14. The number of benzene rings is 1. The van der Waals surface area contributed by atoms with Gasteiger partial charge in [0, 0.05) is 12.1 Å². The molecule has 3 heteroatoms. The van der Waals surface area contributed by atoms with Crippen LogP contribution >= 0.6 is 0 Å². The molecule has 1 fully saturated rings. The van der Waals surface area contributed by atoms with Crippen molar-refractivity contribution in [2.75, 3.05) is 13.2 Å². The Balaban J connectivity index is 2.14. The summed E-state index contributed by atoms with van der Waals surface area (Å²) in [5, 5.41) is 0. The van der Waals surface area contributed by atoms with E-state index in [1.165, 1.54) is 5.56 Å². The number of carbonyl (C=O) groups is 1. The van der Waals surface area contributed by atoms with E-state index >= 15 is 0 Å². The van der Waals surface area contributed by atoms with E-state index < -0.39 is 0 Å². The highest BCUT2D eigenvalue weighted by Gasteiger charge is 2.29. The summed E-state index contributed by atoms with van der Waals surface area (Å²) in [6.07, 6.45) is 0. The zero-order valence-electron chi connectivity index (χ0n) is 9.72. The molecule has 1 aromatic rings. The van der Waals surface area contributed by atoms with Crippen LogP contribution in [-0.4, -0.2) is 30.1 Å². The van der Waals surface area contributed by atoms with Crippen LogP contribution in [0.1, 0.15) is 25.5 Å². The lowest BCUT2D eigenvalue weighted by Gasteiger charge is -2.37. The van der Waals surface area contributed by atoms with Gasteiger partial charge in [0.1, 0.15) is 6.61 Å². The van der Waals surface area contributed by atoms with Crippen LogP contribution in [0.2, 0.25) is 0 Å². The van der Waals surface area contributed by atoms with Crippen LogP contribution in [0.5, 0.6) is 0 Å². The number of carbonyl (C=O) groups excluding carboxylic acids is 1. The van der Waals surface area contributed by atoms with E-state index in [1.807, 2.05) is 18.2 Å². The topological polar surface area (TPSA) is 29.5 Å². The largest absolute Gasteiger partial charge is 0.463 e. The highest BCUT2D eigenvalue weighted by atomic mass is 16.5. The second-order valence-electron chi connectivity index (χ2n) is 4.29. The standard InChI is InChI=1S/C13H17NO2/c1-10-9-16-13(15)8-14(10)11(2)12-6-4-3-5-7-12/h3-7,10-11H,8-9H2,1-2H3/t10-,11-/m1/s1. The van der Waals surface area contributed by atoms with Crippen LogP contribution in [-0.2, 0) is 9.53 Å². The molecule has 1 aliphatic heterocycles. The minimum Gasteiger partial charge on any atom is -0.463 e. The minimum atomic E-state index is -0.124. The Hall–Kier alpha value is -1.35. The Kier molecular flexibility index (Phi) is 3.25. The van der Waals surface area contributed by atoms with Gasteiger partial charge in [0.2, 0.25) is 0 Å². The van der Waals surface area contributed by atoms with Gasteiger partial charge in [-0.1, -0.05) is 30.3 Å². The molecule has 0 unspecified atom stereocenters. The maximum Gasteiger partial charge on any atom is 0.320 e. The number of hydrogen-bond donors (Lipinski definition) is 0. The molecule has 1 saturated heterocycles. The van der Waals surface area contributed by atoms with Gasteiger partial charge in [-0.2, -0.15) is 0 Å². The third-order valence-electron chi connectivity index (χ3n) is 3.14. The second-order valence-corrected chi connectivity index (χ2v) is 4.29. The van der Waals surface area contributed by atoms with E-state index in [0.29, 0.717) is 13.2 Å². The van der Waals surface area contributed by atoms with Crippen molar-refractivity contribution >= 4 is 5.97 Å². The summed E-state index contributed by atoms with van der Waals surface area (Å²) in [5.41, 5.74) is 1.24. The van der Waals surface area contributed by atoms with Gasteiger partial charge >= 0.3 is 5.97 Å². The molecule has 16 heavy (non-hydrogen) atoms. The third kappa shape index (κ3) is 2.25. The zero-order valence-corrected chi connectivity index (χ0v) is 9.72. The molecule has 1 aromatic carbocycles. The van der Waals surface area contributed by atoms with Crippen molar-refractivity contribution in [1.82, 2.24) is 4.90 Å². The van der Waals surface area contributed by atoms with Gasteiger partial charge in [0.15, 0.2) is 0 Å². The number of morpholine rings is 1. The van der Waals surface area contributed by atoms with E-state index in [1.54, 1.807) is 0 Å². The van der Waals surface area contributed by atoms with E-state index in [0.717, 1.165) is 0 Å². The summed E-state index contributed by atoms with van der Waals surface area (Å²) < 4.78 is 5.03. The summed E-state index contributed by atoms with van der Waals surface area (Å²) in [6.45, 7) is 5.10. The molecule has 0 saturated carbocycles. The van der Waals surface area contributed by atoms with Gasteiger partial charge < -0.3 is 4.74 Å². The molecule has 86 valence electrons. The SMILES string of the molecule is C[C@@H]1COC(=O)CN1[C@H](C)c1ccccc1. The molecule has 2 atom stereocenters. The molecule has 0 spiro atoms. The lowest BCUT2D eigenvalue weighted by atomic mass is 10.0. The van der Waals surface area contributed by atoms with Crippen molar-refractivity contribution in [3.63, 3.8) is 0 Å². The fourth-order valence-corrected chi connectivity index (χ4v) is 2.10. The number of ether oxygens (including phenoxy) is 1. The smallest absolute Gasteiger partial charge is 0.320 e. The number of hydrogen-bond acceptors (Lipinski definition) is 3. The first-order chi connectivity index (χ1) is 7.68. The molecular weight excluding hydrogens is 202 g/mol. The first kappa shape index (κ1) is 11.1. The van der Waals surface area contributed by atoms with Crippen LogP contribution in [0.25, 0.3) is 0 Å². The molecule has 0 bridgehead atoms. The fraction of sp³-hybridized carbons (Fsp3) is 0.462. The van der Waals surface area contributed by atoms with Gasteiger partial charge in [-0.15, -0.1) is 0 Å². The normalized spacial score (nSPS) is 23.9. The van der Waals surface area contributed by atoms with Crippen molar-refractivity contribution in [2.45, 2.75) is 25.9 Å². The lowest BCUT2D eigenvalue weighted by molar-refractivity contribution is -0.155. The molecule has 0 aliphatic carbocycles. The molecule has 3 nitrogen and oxygen atoms in total. The van der Waals surface area contributed by atoms with E-state index in [2.05, 4.69) is 30.9 Å². The van der Waals surface area contributed by atoms with Crippen LogP contribution in [0, 0.1) is 0 Å². The number of nitrogens with zero attached hydrogens (tertiary/aromatic N) is 1. The Morgan fingerprint density at radius 3 is 2.75 bits per heavy atom. The zero-order chi connectivity index (χ0) is 11.5. The molecule has 0 aromatic heterocycles. The number of rotatable bonds is 2. The van der Waals surface area contributed by atoms with Crippen LogP contribution in [0.3, 0.4) is 0 Å². The van der Waals surface area contributed by atoms with Crippen LogP contribution in [0.15, 0.2) is 30.3 Å². The van der Waals surface area contributed by atoms with Gasteiger partial charge in [0.05, 0.1) is 6.54 Å². The van der Waals surface area contributed by atoms with E-state index in [-0.39, 0.29) is 18.1 Å². The number of esters is 1. The summed E-state index contributed by atoms with van der Waals surface area (Å²) in [7, 11) is 0. The van der Waals surface area contributed by atoms with Crippen LogP contribution in [0.4, 0.5) is 0 Å². The molecule has 0 radical (unpaired) electrons. The summed E-state index contributed by atoms with van der Waals surface area (Å²) in [4.78, 5) is 13.5. The first-order valence-electron chi connectivity index (χ1n) is 5.65. The minimum absolute atomic E-state index is 0.124. The monoisotopic (exact) mass is 219 g/mol. The molecule has 2 rings (SSSR count). The predicted octanol–water partition coefficient (Wildman–Crippen LogP) is 1.99. The molecular formula is C13H17NO2. The van der Waals surface area contributed by atoms with Crippen molar-refractivity contribution in [3.8, 4) is 0 Å². The summed E-state index contributed by atoms with van der Waals surface area (Å²) >= 11 is 0. The van der Waals surface area contributed by atoms with E-state index in [9.17, 15) is 4.79 Å². The molecule has 0 N–H and O–H groups in total. The van der Waals surface area contributed by atoms with Crippen LogP contribution < -0.4 is 0 Å². The predicted molar refractivity (Wildman–Crippen MR) is 62.0 cm³/mol. The Bertz CT molecular complexity index is 363. The highest BCUT2D eigenvalue weighted by molar-refractivity contribution is 5.72. The Labute approximate surface area is 96.0 Å². The quantitative estimate of drug-likeness (QED) is 0.712.